The van der Waals surface area contributed by atoms with Gasteiger partial charge in [-0.1, -0.05) is 64.7 Å². The molecule has 6 nitrogen and oxygen atoms in total. The summed E-state index contributed by atoms with van der Waals surface area (Å²) >= 11 is 0. The summed E-state index contributed by atoms with van der Waals surface area (Å²) in [5.41, 5.74) is 0. The Morgan fingerprint density at radius 1 is 0.577 bits per heavy atom. The molecular weight excluding hydrogens is 336 g/mol. The second-order valence-corrected chi connectivity index (χ2v) is 6.47. The van der Waals surface area contributed by atoms with Crippen LogP contribution in [0.1, 0.15) is 71.1 Å². The highest BCUT2D eigenvalue weighted by atomic mass is 16.6. The van der Waals surface area contributed by atoms with Crippen LogP contribution in [0.2, 0.25) is 0 Å². The smallest absolute Gasteiger partial charge is 0.329 e. The average Bonchev–Trinajstić information content (AvgIpc) is 2.62. The average molecular weight is 377 g/mol. The zero-order valence-electron chi connectivity index (χ0n) is 16.7. The topological polar surface area (TPSA) is 74.2 Å². The Labute approximate surface area is 159 Å². The van der Waals surface area contributed by atoms with E-state index in [4.69, 9.17) is 24.1 Å². The van der Waals surface area contributed by atoms with Gasteiger partial charge in [0.15, 0.2) is 0 Å². The van der Waals surface area contributed by atoms with E-state index in [9.17, 15) is 4.79 Å². The molecule has 0 saturated carbocycles. The summed E-state index contributed by atoms with van der Waals surface area (Å²) in [7, 11) is 0. The molecule has 156 valence electrons. The first-order valence-electron chi connectivity index (χ1n) is 10.3. The zero-order chi connectivity index (χ0) is 19.1. The molecule has 0 atom stereocenters. The number of aliphatic carboxylic acids is 1. The number of rotatable bonds is 22. The Balaban J connectivity index is 2.98. The lowest BCUT2D eigenvalue weighted by atomic mass is 10.1. The molecule has 0 rings (SSSR count). The van der Waals surface area contributed by atoms with Crippen LogP contribution in [0.3, 0.4) is 0 Å². The maximum atomic E-state index is 10.2. The van der Waals surface area contributed by atoms with Gasteiger partial charge in [-0.3, -0.25) is 0 Å². The highest BCUT2D eigenvalue weighted by Crippen LogP contribution is 2.10. The molecule has 0 saturated heterocycles. The number of hydrogen-bond acceptors (Lipinski definition) is 5. The van der Waals surface area contributed by atoms with E-state index >= 15 is 0 Å². The van der Waals surface area contributed by atoms with Crippen LogP contribution in [0.5, 0.6) is 0 Å². The van der Waals surface area contributed by atoms with Crippen molar-refractivity contribution in [2.75, 3.05) is 52.9 Å². The molecule has 0 aliphatic rings. The van der Waals surface area contributed by atoms with E-state index < -0.39 is 5.97 Å². The molecule has 0 unspecified atom stereocenters. The second-order valence-electron chi connectivity index (χ2n) is 6.47. The van der Waals surface area contributed by atoms with Gasteiger partial charge in [0.2, 0.25) is 0 Å². The van der Waals surface area contributed by atoms with Crippen molar-refractivity contribution >= 4 is 5.97 Å². The van der Waals surface area contributed by atoms with Crippen LogP contribution < -0.4 is 0 Å². The van der Waals surface area contributed by atoms with E-state index in [1.807, 2.05) is 0 Å². The Kier molecular flexibility index (Phi) is 21.8. The summed E-state index contributed by atoms with van der Waals surface area (Å²) in [4.78, 5) is 10.2. The summed E-state index contributed by atoms with van der Waals surface area (Å²) in [6, 6.07) is 0. The summed E-state index contributed by atoms with van der Waals surface area (Å²) in [6.07, 6.45) is 13.4. The highest BCUT2D eigenvalue weighted by Gasteiger charge is 1.96. The molecule has 0 heterocycles. The first kappa shape index (κ1) is 25.3. The van der Waals surface area contributed by atoms with Crippen molar-refractivity contribution in [3.05, 3.63) is 0 Å². The van der Waals surface area contributed by atoms with E-state index in [1.54, 1.807) is 0 Å². The van der Waals surface area contributed by atoms with Gasteiger partial charge in [0.05, 0.1) is 39.6 Å². The van der Waals surface area contributed by atoms with E-state index in [2.05, 4.69) is 6.92 Å². The SMILES string of the molecule is CCCCCCCCCCCCOCCOCCOCCOCC(=O)O. The van der Waals surface area contributed by atoms with Gasteiger partial charge in [-0.2, -0.15) is 0 Å². The third-order valence-electron chi connectivity index (χ3n) is 3.98. The number of carboxylic acids is 1. The molecule has 0 bridgehead atoms. The van der Waals surface area contributed by atoms with Crippen molar-refractivity contribution in [2.24, 2.45) is 0 Å². The van der Waals surface area contributed by atoms with Gasteiger partial charge in [-0.25, -0.2) is 4.79 Å². The Morgan fingerprint density at radius 2 is 0.962 bits per heavy atom. The van der Waals surface area contributed by atoms with Crippen molar-refractivity contribution in [3.63, 3.8) is 0 Å². The Morgan fingerprint density at radius 3 is 1.42 bits per heavy atom. The van der Waals surface area contributed by atoms with Gasteiger partial charge in [0.25, 0.3) is 0 Å². The third kappa shape index (κ3) is 23.3. The monoisotopic (exact) mass is 376 g/mol. The van der Waals surface area contributed by atoms with E-state index in [0.29, 0.717) is 33.0 Å². The van der Waals surface area contributed by atoms with Gasteiger partial charge in [0, 0.05) is 6.61 Å². The molecular formula is C20H40O6. The van der Waals surface area contributed by atoms with Crippen molar-refractivity contribution < 1.29 is 28.8 Å². The lowest BCUT2D eigenvalue weighted by molar-refractivity contribution is -0.142. The van der Waals surface area contributed by atoms with Gasteiger partial charge in [-0.15, -0.1) is 0 Å². The molecule has 6 heteroatoms. The zero-order valence-corrected chi connectivity index (χ0v) is 16.7. The van der Waals surface area contributed by atoms with Gasteiger partial charge >= 0.3 is 5.97 Å². The molecule has 0 aromatic carbocycles. The summed E-state index contributed by atoms with van der Waals surface area (Å²) in [5.74, 6) is -0.967. The lowest BCUT2D eigenvalue weighted by Gasteiger charge is -2.07. The fourth-order valence-electron chi connectivity index (χ4n) is 2.51. The predicted octanol–water partition coefficient (Wildman–Crippen LogP) is 4.06. The van der Waals surface area contributed by atoms with Crippen molar-refractivity contribution in [3.8, 4) is 0 Å². The normalized spacial score (nSPS) is 11.1. The van der Waals surface area contributed by atoms with Crippen LogP contribution in [0.4, 0.5) is 0 Å². The van der Waals surface area contributed by atoms with Crippen LogP contribution in [-0.2, 0) is 23.7 Å². The fourth-order valence-corrected chi connectivity index (χ4v) is 2.51. The molecule has 0 aliphatic carbocycles. The standard InChI is InChI=1S/C20H40O6/c1-2-3-4-5-6-7-8-9-10-11-12-23-13-14-24-15-16-25-17-18-26-19-20(21)22/h2-19H2,1H3,(H,21,22). The minimum Gasteiger partial charge on any atom is -0.480 e. The Hall–Kier alpha value is -0.690. The fraction of sp³-hybridized carbons (Fsp3) is 0.950. The maximum Gasteiger partial charge on any atom is 0.329 e. The first-order valence-corrected chi connectivity index (χ1v) is 10.3. The van der Waals surface area contributed by atoms with E-state index in [0.717, 1.165) is 13.0 Å². The molecule has 0 spiro atoms. The van der Waals surface area contributed by atoms with Gasteiger partial charge in [-0.05, 0) is 6.42 Å². The molecule has 0 aromatic rings. The molecule has 26 heavy (non-hydrogen) atoms. The largest absolute Gasteiger partial charge is 0.480 e. The minimum absolute atomic E-state index is 0.282. The highest BCUT2D eigenvalue weighted by molar-refractivity contribution is 5.67. The maximum absolute atomic E-state index is 10.2. The van der Waals surface area contributed by atoms with Crippen LogP contribution in [0.15, 0.2) is 0 Å². The summed E-state index contributed by atoms with van der Waals surface area (Å²) in [5, 5.41) is 8.37. The number of unbranched alkanes of at least 4 members (excludes halogenated alkanes) is 9. The first-order chi connectivity index (χ1) is 12.8. The molecule has 0 radical (unpaired) electrons. The lowest BCUT2D eigenvalue weighted by Crippen LogP contribution is -2.14. The minimum atomic E-state index is -0.967. The van der Waals surface area contributed by atoms with Crippen LogP contribution in [-0.4, -0.2) is 63.9 Å². The molecule has 0 amide bonds. The van der Waals surface area contributed by atoms with E-state index in [-0.39, 0.29) is 13.2 Å². The molecule has 1 N–H and O–H groups in total. The Bertz CT molecular complexity index is 285. The number of carboxylic acid groups (broad SMARTS) is 1. The van der Waals surface area contributed by atoms with Crippen molar-refractivity contribution in [1.29, 1.82) is 0 Å². The molecule has 0 fully saturated rings. The quantitative estimate of drug-likeness (QED) is 0.287. The summed E-state index contributed by atoms with van der Waals surface area (Å²) in [6.45, 7) is 5.66. The second kappa shape index (κ2) is 22.4. The number of ether oxygens (including phenoxy) is 4. The van der Waals surface area contributed by atoms with Crippen LogP contribution in [0.25, 0.3) is 0 Å². The molecule has 0 aromatic heterocycles. The van der Waals surface area contributed by atoms with Gasteiger partial charge in [0.1, 0.15) is 6.61 Å². The third-order valence-corrected chi connectivity index (χ3v) is 3.98. The van der Waals surface area contributed by atoms with Crippen molar-refractivity contribution in [1.82, 2.24) is 0 Å². The molecule has 0 aliphatic heterocycles. The number of carbonyl (C=O) groups is 1. The predicted molar refractivity (Wildman–Crippen MR) is 103 cm³/mol. The van der Waals surface area contributed by atoms with Crippen LogP contribution in [0, 0.1) is 0 Å². The van der Waals surface area contributed by atoms with Gasteiger partial charge < -0.3 is 24.1 Å². The van der Waals surface area contributed by atoms with Crippen molar-refractivity contribution in [2.45, 2.75) is 71.1 Å². The summed E-state index contributed by atoms with van der Waals surface area (Å²) < 4.78 is 21.0. The van der Waals surface area contributed by atoms with E-state index in [1.165, 1.54) is 57.8 Å². The number of hydrogen-bond donors (Lipinski definition) is 1. The van der Waals surface area contributed by atoms with Crippen LogP contribution >= 0.6 is 0 Å².